The van der Waals surface area contributed by atoms with E-state index in [-0.39, 0.29) is 0 Å². The minimum Gasteiger partial charge on any atom is -0.430 e. The highest BCUT2D eigenvalue weighted by Crippen LogP contribution is 2.27. The molecule has 0 amide bonds. The van der Waals surface area contributed by atoms with Crippen molar-refractivity contribution in [1.82, 2.24) is 15.5 Å². The Hall–Kier alpha value is -1.11. The van der Waals surface area contributed by atoms with Crippen molar-refractivity contribution >= 4 is 23.1 Å². The summed E-state index contributed by atoms with van der Waals surface area (Å²) in [7, 11) is 0. The molecule has 4 nitrogen and oxygen atoms in total. The first-order valence-corrected chi connectivity index (χ1v) is 8.25. The van der Waals surface area contributed by atoms with Crippen LogP contribution >= 0.6 is 23.1 Å². The molecule has 0 bridgehead atoms. The molecule has 3 rings (SSSR count). The van der Waals surface area contributed by atoms with E-state index in [0.717, 1.165) is 17.3 Å². The Balaban J connectivity index is 1.58. The lowest BCUT2D eigenvalue weighted by Crippen LogP contribution is -2.14. The molecule has 1 aromatic carbocycles. The number of nitrogens with one attached hydrogen (secondary N) is 1. The van der Waals surface area contributed by atoms with Crippen LogP contribution in [-0.4, -0.2) is 22.5 Å². The number of hydrogen-bond acceptors (Lipinski definition) is 6. The second-order valence-corrected chi connectivity index (χ2v) is 6.30. The Kier molecular flexibility index (Phi) is 4.00. The number of benzene rings is 1. The topological polar surface area (TPSA) is 47.0 Å². The van der Waals surface area contributed by atoms with Gasteiger partial charge >= 0.3 is 0 Å². The molecule has 0 atom stereocenters. The lowest BCUT2D eigenvalue weighted by atomic mass is 10.3. The number of ether oxygens (including phenoxy) is 1. The van der Waals surface area contributed by atoms with Gasteiger partial charge in [0, 0.05) is 10.9 Å². The van der Waals surface area contributed by atoms with Crippen molar-refractivity contribution in [3.05, 3.63) is 29.3 Å². The molecule has 0 aliphatic heterocycles. The summed E-state index contributed by atoms with van der Waals surface area (Å²) >= 11 is 3.21. The third-order valence-electron chi connectivity index (χ3n) is 2.83. The fraction of sp³-hybridized carbons (Fsp3) is 0.385. The van der Waals surface area contributed by atoms with Gasteiger partial charge in [-0.05, 0) is 43.4 Å². The molecule has 1 heterocycles. The van der Waals surface area contributed by atoms with Crippen LogP contribution in [0.15, 0.2) is 29.2 Å². The van der Waals surface area contributed by atoms with E-state index in [2.05, 4.69) is 21.8 Å². The van der Waals surface area contributed by atoms with Gasteiger partial charge in [0.1, 0.15) is 10.8 Å². The van der Waals surface area contributed by atoms with Crippen molar-refractivity contribution < 1.29 is 4.74 Å². The Bertz CT molecular complexity index is 537. The van der Waals surface area contributed by atoms with E-state index in [0.29, 0.717) is 11.2 Å². The molecule has 0 unspecified atom stereocenters. The maximum absolute atomic E-state index is 5.69. The zero-order valence-corrected chi connectivity index (χ0v) is 12.3. The summed E-state index contributed by atoms with van der Waals surface area (Å²) in [6, 6.07) is 8.67. The van der Waals surface area contributed by atoms with Crippen LogP contribution < -0.4 is 10.1 Å². The number of hydrogen-bond donors (Lipinski definition) is 1. The first kappa shape index (κ1) is 12.9. The van der Waals surface area contributed by atoms with E-state index in [1.807, 2.05) is 24.3 Å². The molecule has 2 aromatic rings. The summed E-state index contributed by atoms with van der Waals surface area (Å²) in [5, 5.41) is 13.2. The highest BCUT2D eigenvalue weighted by molar-refractivity contribution is 7.98. The van der Waals surface area contributed by atoms with E-state index >= 15 is 0 Å². The SMILES string of the molecule is CSc1ccc(Oc2nnc(CNC3CC3)s2)cc1. The van der Waals surface area contributed by atoms with Gasteiger partial charge in [0.25, 0.3) is 5.19 Å². The summed E-state index contributed by atoms with van der Waals surface area (Å²) in [5.74, 6) is 0.802. The summed E-state index contributed by atoms with van der Waals surface area (Å²) < 4.78 is 5.69. The minimum absolute atomic E-state index is 0.601. The maximum atomic E-state index is 5.69. The number of rotatable bonds is 6. The van der Waals surface area contributed by atoms with Crippen LogP contribution in [0.2, 0.25) is 0 Å². The largest absolute Gasteiger partial charge is 0.430 e. The summed E-state index contributed by atoms with van der Waals surface area (Å²) in [4.78, 5) is 1.22. The van der Waals surface area contributed by atoms with Crippen LogP contribution in [0.25, 0.3) is 0 Å². The smallest absolute Gasteiger partial charge is 0.299 e. The highest BCUT2D eigenvalue weighted by Gasteiger charge is 2.20. The molecule has 0 radical (unpaired) electrons. The first-order chi connectivity index (χ1) is 9.33. The quantitative estimate of drug-likeness (QED) is 0.828. The van der Waals surface area contributed by atoms with Gasteiger partial charge in [0.15, 0.2) is 0 Å². The van der Waals surface area contributed by atoms with Crippen molar-refractivity contribution in [1.29, 1.82) is 0 Å². The Labute approximate surface area is 120 Å². The van der Waals surface area contributed by atoms with Crippen molar-refractivity contribution in [3.63, 3.8) is 0 Å². The van der Waals surface area contributed by atoms with Gasteiger partial charge in [-0.2, -0.15) is 0 Å². The summed E-state index contributed by atoms with van der Waals surface area (Å²) in [5.41, 5.74) is 0. The van der Waals surface area contributed by atoms with E-state index in [9.17, 15) is 0 Å². The van der Waals surface area contributed by atoms with Crippen molar-refractivity contribution in [2.45, 2.75) is 30.3 Å². The molecule has 6 heteroatoms. The summed E-state index contributed by atoms with van der Waals surface area (Å²) in [6.07, 6.45) is 4.62. The van der Waals surface area contributed by atoms with Gasteiger partial charge in [0.2, 0.25) is 0 Å². The monoisotopic (exact) mass is 293 g/mol. The lowest BCUT2D eigenvalue weighted by molar-refractivity contribution is 0.472. The average molecular weight is 293 g/mol. The molecule has 19 heavy (non-hydrogen) atoms. The maximum Gasteiger partial charge on any atom is 0.299 e. The van der Waals surface area contributed by atoms with Gasteiger partial charge in [-0.25, -0.2) is 0 Å². The van der Waals surface area contributed by atoms with Crippen molar-refractivity contribution in [3.8, 4) is 10.9 Å². The second kappa shape index (κ2) is 5.90. The zero-order chi connectivity index (χ0) is 13.1. The average Bonchev–Trinajstić information content (AvgIpc) is 3.17. The number of nitrogens with zero attached hydrogens (tertiary/aromatic N) is 2. The predicted octanol–water partition coefficient (Wildman–Crippen LogP) is 3.30. The molecular formula is C13H15N3OS2. The number of aromatic nitrogens is 2. The van der Waals surface area contributed by atoms with Crippen LogP contribution in [-0.2, 0) is 6.54 Å². The van der Waals surface area contributed by atoms with Gasteiger partial charge in [-0.15, -0.1) is 16.9 Å². The molecule has 1 aliphatic rings. The van der Waals surface area contributed by atoms with E-state index in [4.69, 9.17) is 4.74 Å². The molecular weight excluding hydrogens is 278 g/mol. The summed E-state index contributed by atoms with van der Waals surface area (Å²) in [6.45, 7) is 0.789. The number of thioether (sulfide) groups is 1. The van der Waals surface area contributed by atoms with Crippen LogP contribution in [0, 0.1) is 0 Å². The first-order valence-electron chi connectivity index (χ1n) is 6.21. The van der Waals surface area contributed by atoms with Crippen molar-refractivity contribution in [2.75, 3.05) is 6.26 Å². The van der Waals surface area contributed by atoms with Gasteiger partial charge < -0.3 is 10.1 Å². The van der Waals surface area contributed by atoms with Crippen LogP contribution in [0.1, 0.15) is 17.8 Å². The second-order valence-electron chi connectivity index (χ2n) is 4.39. The Morgan fingerprint density at radius 2 is 2.11 bits per heavy atom. The standard InChI is InChI=1S/C13H15N3OS2/c1-18-11-6-4-10(5-7-11)17-13-16-15-12(19-13)8-14-9-2-3-9/h4-7,9,14H,2-3,8H2,1H3. The molecule has 1 aromatic heterocycles. The normalized spacial score (nSPS) is 14.6. The van der Waals surface area contributed by atoms with Gasteiger partial charge in [-0.1, -0.05) is 16.4 Å². The van der Waals surface area contributed by atoms with E-state index < -0.39 is 0 Å². The van der Waals surface area contributed by atoms with Crippen molar-refractivity contribution in [2.24, 2.45) is 0 Å². The fourth-order valence-electron chi connectivity index (χ4n) is 1.61. The highest BCUT2D eigenvalue weighted by atomic mass is 32.2. The lowest BCUT2D eigenvalue weighted by Gasteiger charge is -2.01. The molecule has 100 valence electrons. The fourth-order valence-corrected chi connectivity index (χ4v) is 2.68. The minimum atomic E-state index is 0.601. The Morgan fingerprint density at radius 3 is 2.79 bits per heavy atom. The molecule has 1 aliphatic carbocycles. The predicted molar refractivity (Wildman–Crippen MR) is 78.1 cm³/mol. The third-order valence-corrected chi connectivity index (χ3v) is 4.38. The van der Waals surface area contributed by atoms with Crippen LogP contribution in [0.3, 0.4) is 0 Å². The Morgan fingerprint density at radius 1 is 1.32 bits per heavy atom. The van der Waals surface area contributed by atoms with E-state index in [1.54, 1.807) is 11.8 Å². The molecule has 1 saturated carbocycles. The van der Waals surface area contributed by atoms with Gasteiger partial charge in [0.05, 0.1) is 6.54 Å². The molecule has 1 N–H and O–H groups in total. The third kappa shape index (κ3) is 3.68. The van der Waals surface area contributed by atoms with E-state index in [1.165, 1.54) is 29.1 Å². The molecule has 0 saturated heterocycles. The van der Waals surface area contributed by atoms with Gasteiger partial charge in [-0.3, -0.25) is 0 Å². The molecule has 1 fully saturated rings. The van der Waals surface area contributed by atoms with Crippen LogP contribution in [0.5, 0.6) is 10.9 Å². The van der Waals surface area contributed by atoms with Crippen LogP contribution in [0.4, 0.5) is 0 Å². The zero-order valence-electron chi connectivity index (χ0n) is 10.6. The molecule has 0 spiro atoms.